The molecule has 4 nitrogen and oxygen atoms in total. The van der Waals surface area contributed by atoms with Crippen LogP contribution in [0.2, 0.25) is 10.0 Å². The number of likely N-dealkylation sites (tertiary alicyclic amines) is 1. The second kappa shape index (κ2) is 10.4. The minimum Gasteiger partial charge on any atom is -0.342 e. The third kappa shape index (κ3) is 5.42. The van der Waals surface area contributed by atoms with Crippen LogP contribution in [-0.2, 0) is 4.79 Å². The molecule has 1 aromatic rings. The molecule has 3 rings (SSSR count). The van der Waals surface area contributed by atoms with Crippen LogP contribution in [0.4, 0.5) is 0 Å². The normalized spacial score (nSPS) is 18.4. The maximum atomic E-state index is 13.2. The maximum Gasteiger partial charge on any atom is 0.256 e. The van der Waals surface area contributed by atoms with E-state index in [1.807, 2.05) is 21.6 Å². The number of carbonyl (C=O) groups excluding carboxylic acids is 2. The van der Waals surface area contributed by atoms with E-state index >= 15 is 0 Å². The first kappa shape index (κ1) is 22.8. The quantitative estimate of drug-likeness (QED) is 0.482. The van der Waals surface area contributed by atoms with Crippen molar-refractivity contribution < 1.29 is 9.59 Å². The number of benzene rings is 1. The van der Waals surface area contributed by atoms with Crippen molar-refractivity contribution in [3.05, 3.63) is 33.8 Å². The first-order valence-corrected chi connectivity index (χ1v) is 12.4. The highest BCUT2D eigenvalue weighted by Crippen LogP contribution is 2.45. The molecule has 7 heteroatoms. The van der Waals surface area contributed by atoms with Crippen molar-refractivity contribution in [2.45, 2.75) is 63.2 Å². The van der Waals surface area contributed by atoms with Gasteiger partial charge in [-0.1, -0.05) is 55.8 Å². The van der Waals surface area contributed by atoms with E-state index < -0.39 is 0 Å². The van der Waals surface area contributed by atoms with E-state index in [0.717, 1.165) is 44.5 Å². The molecule has 0 unspecified atom stereocenters. The van der Waals surface area contributed by atoms with Gasteiger partial charge in [0.2, 0.25) is 5.91 Å². The van der Waals surface area contributed by atoms with Crippen LogP contribution in [0.25, 0.3) is 0 Å². The lowest BCUT2D eigenvalue weighted by atomic mass is 10.00. The van der Waals surface area contributed by atoms with Gasteiger partial charge in [-0.3, -0.25) is 9.59 Å². The smallest absolute Gasteiger partial charge is 0.256 e. The van der Waals surface area contributed by atoms with Gasteiger partial charge in [0.05, 0.1) is 15.5 Å². The highest BCUT2D eigenvalue weighted by Gasteiger charge is 2.47. The number of nitrogens with zero attached hydrogens (tertiary/aromatic N) is 2. The van der Waals surface area contributed by atoms with Crippen LogP contribution >= 0.6 is 35.0 Å². The highest BCUT2D eigenvalue weighted by molar-refractivity contribution is 8.00. The first-order chi connectivity index (χ1) is 14.0. The number of amides is 2. The van der Waals surface area contributed by atoms with E-state index in [1.165, 1.54) is 19.3 Å². The summed E-state index contributed by atoms with van der Waals surface area (Å²) in [6.07, 6.45) is 8.08. The van der Waals surface area contributed by atoms with Crippen molar-refractivity contribution in [1.29, 1.82) is 0 Å². The van der Waals surface area contributed by atoms with Gasteiger partial charge in [-0.05, 0) is 37.5 Å². The fraction of sp³-hybridized carbons (Fsp3) is 0.636. The van der Waals surface area contributed by atoms with Gasteiger partial charge in [-0.15, -0.1) is 11.8 Å². The number of thioether (sulfide) groups is 1. The number of rotatable bonds is 7. The van der Waals surface area contributed by atoms with Crippen LogP contribution in [0, 0.1) is 0 Å². The van der Waals surface area contributed by atoms with Crippen LogP contribution in [0.5, 0.6) is 0 Å². The van der Waals surface area contributed by atoms with Gasteiger partial charge in [0.25, 0.3) is 5.91 Å². The Morgan fingerprint density at radius 1 is 1.07 bits per heavy atom. The van der Waals surface area contributed by atoms with E-state index in [1.54, 1.807) is 18.2 Å². The van der Waals surface area contributed by atoms with E-state index in [-0.39, 0.29) is 16.7 Å². The summed E-state index contributed by atoms with van der Waals surface area (Å²) in [6.45, 7) is 4.36. The van der Waals surface area contributed by atoms with Gasteiger partial charge in [-0.2, -0.15) is 0 Å². The zero-order chi connectivity index (χ0) is 20.9. The van der Waals surface area contributed by atoms with Gasteiger partial charge in [0.15, 0.2) is 0 Å². The molecule has 0 bridgehead atoms. The number of unbranched alkanes of at least 4 members (excludes halogenated alkanes) is 4. The summed E-state index contributed by atoms with van der Waals surface area (Å²) in [7, 11) is 0. The maximum absolute atomic E-state index is 13.2. The zero-order valence-corrected chi connectivity index (χ0v) is 19.4. The molecular formula is C22H30Cl2N2O2S. The molecule has 2 fully saturated rings. The number of hydrogen-bond donors (Lipinski definition) is 0. The van der Waals surface area contributed by atoms with Gasteiger partial charge in [0, 0.05) is 36.8 Å². The lowest BCUT2D eigenvalue weighted by Gasteiger charge is -2.44. The monoisotopic (exact) mass is 456 g/mol. The van der Waals surface area contributed by atoms with Gasteiger partial charge in [-0.25, -0.2) is 0 Å². The number of carbonyl (C=O) groups is 2. The molecular weight excluding hydrogens is 427 g/mol. The van der Waals surface area contributed by atoms with Crippen LogP contribution in [0.15, 0.2) is 18.2 Å². The molecule has 160 valence electrons. The van der Waals surface area contributed by atoms with Crippen LogP contribution in [-0.4, -0.2) is 51.9 Å². The van der Waals surface area contributed by atoms with Crippen molar-refractivity contribution in [1.82, 2.24) is 9.80 Å². The molecule has 2 amide bonds. The Morgan fingerprint density at radius 3 is 2.48 bits per heavy atom. The Kier molecular flexibility index (Phi) is 8.17. The molecule has 2 aliphatic rings. The van der Waals surface area contributed by atoms with Gasteiger partial charge < -0.3 is 9.80 Å². The SMILES string of the molecule is CCCCCCCC(=O)N1CCC2(CC1)SCCN2C(=O)c1ccc(Cl)cc1Cl. The van der Waals surface area contributed by atoms with Crippen molar-refractivity contribution in [2.75, 3.05) is 25.4 Å². The fourth-order valence-electron chi connectivity index (χ4n) is 4.26. The van der Waals surface area contributed by atoms with E-state index in [4.69, 9.17) is 23.2 Å². The van der Waals surface area contributed by atoms with Gasteiger partial charge in [0.1, 0.15) is 0 Å². The molecule has 2 aliphatic heterocycles. The first-order valence-electron chi connectivity index (χ1n) is 10.7. The van der Waals surface area contributed by atoms with Crippen LogP contribution < -0.4 is 0 Å². The van der Waals surface area contributed by atoms with E-state index in [0.29, 0.717) is 28.6 Å². The summed E-state index contributed by atoms with van der Waals surface area (Å²) in [5, 5.41) is 0.920. The molecule has 0 saturated carbocycles. The molecule has 2 saturated heterocycles. The predicted molar refractivity (Wildman–Crippen MR) is 122 cm³/mol. The second-order valence-corrected chi connectivity index (χ2v) is 10.2. The van der Waals surface area contributed by atoms with Crippen molar-refractivity contribution in [3.8, 4) is 0 Å². The standard InChI is InChI=1S/C22H30Cl2N2O2S/c1-2-3-4-5-6-7-20(27)25-12-10-22(11-13-25)26(14-15-29-22)21(28)18-9-8-17(23)16-19(18)24/h8-9,16H,2-7,10-15H2,1H3. The number of piperidine rings is 1. The largest absolute Gasteiger partial charge is 0.342 e. The van der Waals surface area contributed by atoms with Crippen molar-refractivity contribution in [2.24, 2.45) is 0 Å². The average molecular weight is 457 g/mol. The number of hydrogen-bond acceptors (Lipinski definition) is 3. The molecule has 0 N–H and O–H groups in total. The summed E-state index contributed by atoms with van der Waals surface area (Å²) in [4.78, 5) is 29.5. The van der Waals surface area contributed by atoms with E-state index in [9.17, 15) is 9.59 Å². The molecule has 1 aromatic carbocycles. The lowest BCUT2D eigenvalue weighted by Crippen LogP contribution is -2.53. The third-order valence-corrected chi connectivity index (χ3v) is 8.08. The van der Waals surface area contributed by atoms with Crippen LogP contribution in [0.3, 0.4) is 0 Å². The zero-order valence-electron chi connectivity index (χ0n) is 17.1. The molecule has 29 heavy (non-hydrogen) atoms. The minimum absolute atomic E-state index is 0.0348. The Hall–Kier alpha value is -0.910. The molecule has 0 atom stereocenters. The average Bonchev–Trinajstić information content (AvgIpc) is 3.10. The molecule has 1 spiro atoms. The summed E-state index contributed by atoms with van der Waals surface area (Å²) in [5.74, 6) is 1.15. The molecule has 2 heterocycles. The fourth-order valence-corrected chi connectivity index (χ4v) is 6.21. The second-order valence-electron chi connectivity index (χ2n) is 7.92. The minimum atomic E-state index is -0.224. The van der Waals surface area contributed by atoms with Gasteiger partial charge >= 0.3 is 0 Å². The molecule has 0 aromatic heterocycles. The Morgan fingerprint density at radius 2 is 1.79 bits per heavy atom. The Labute approximate surface area is 188 Å². The Balaban J connectivity index is 1.57. The predicted octanol–water partition coefficient (Wildman–Crippen LogP) is 5.86. The third-order valence-electron chi connectivity index (χ3n) is 5.98. The summed E-state index contributed by atoms with van der Waals surface area (Å²) >= 11 is 14.1. The van der Waals surface area contributed by atoms with Crippen molar-refractivity contribution in [3.63, 3.8) is 0 Å². The Bertz CT molecular complexity index is 736. The summed E-state index contributed by atoms with van der Waals surface area (Å²) < 4.78 is 0. The highest BCUT2D eigenvalue weighted by atomic mass is 35.5. The van der Waals surface area contributed by atoms with E-state index in [2.05, 4.69) is 6.92 Å². The molecule has 0 aliphatic carbocycles. The lowest BCUT2D eigenvalue weighted by molar-refractivity contribution is -0.132. The van der Waals surface area contributed by atoms with Crippen LogP contribution in [0.1, 0.15) is 68.6 Å². The van der Waals surface area contributed by atoms with Crippen molar-refractivity contribution >= 4 is 46.8 Å². The molecule has 0 radical (unpaired) electrons. The topological polar surface area (TPSA) is 40.6 Å². The summed E-state index contributed by atoms with van der Waals surface area (Å²) in [5.41, 5.74) is 0.503. The number of halogens is 2. The summed E-state index contributed by atoms with van der Waals surface area (Å²) in [6, 6.07) is 5.03.